The normalized spacial score (nSPS) is 25.4. The van der Waals surface area contributed by atoms with E-state index in [-0.39, 0.29) is 6.42 Å². The molecule has 8 unspecified atom stereocenters. The van der Waals surface area contributed by atoms with Crippen LogP contribution in [0.15, 0.2) is 0 Å². The minimum atomic E-state index is -1.95. The number of hydrogen-bond acceptors (Lipinski definition) is 10. The number of aliphatic carboxylic acids is 2. The Bertz CT molecular complexity index is 739. The SMILES string of the molecule is CCCCCCCCCCCCC(O)C(O)C(COC1OC(CC(C(=O)O)C(=O)O)C(O)C(O)C1O)NC(C)=O. The molecule has 0 aromatic carbocycles. The van der Waals surface area contributed by atoms with Gasteiger partial charge in [0.2, 0.25) is 5.91 Å². The van der Waals surface area contributed by atoms with Gasteiger partial charge < -0.3 is 50.5 Å². The number of carbonyl (C=O) groups excluding carboxylic acids is 1. The van der Waals surface area contributed by atoms with E-state index in [2.05, 4.69) is 12.2 Å². The second kappa shape index (κ2) is 19.3. The Morgan fingerprint density at radius 1 is 0.825 bits per heavy atom. The molecule has 13 nitrogen and oxygen atoms in total. The third-order valence-corrected chi connectivity index (χ3v) is 7.22. The maximum atomic E-state index is 11.7. The van der Waals surface area contributed by atoms with Crippen LogP contribution in [0, 0.1) is 5.92 Å². The first-order valence-electron chi connectivity index (χ1n) is 14.3. The number of hydrogen-bond donors (Lipinski definition) is 8. The topological polar surface area (TPSA) is 223 Å². The average molecular weight is 580 g/mol. The van der Waals surface area contributed by atoms with Gasteiger partial charge in [-0.15, -0.1) is 0 Å². The Labute approximate surface area is 235 Å². The molecule has 1 saturated heterocycles. The van der Waals surface area contributed by atoms with Gasteiger partial charge in [-0.25, -0.2) is 0 Å². The molecule has 1 aliphatic rings. The van der Waals surface area contributed by atoms with Crippen LogP contribution in [-0.4, -0.2) is 109 Å². The van der Waals surface area contributed by atoms with Gasteiger partial charge in [-0.3, -0.25) is 14.4 Å². The smallest absolute Gasteiger partial charge is 0.317 e. The number of rotatable bonds is 21. The number of aliphatic hydroxyl groups is 5. The second-order valence-corrected chi connectivity index (χ2v) is 10.6. The van der Waals surface area contributed by atoms with Gasteiger partial charge in [0.1, 0.15) is 24.4 Å². The van der Waals surface area contributed by atoms with E-state index in [1.165, 1.54) is 45.4 Å². The van der Waals surface area contributed by atoms with Crippen molar-refractivity contribution in [1.29, 1.82) is 0 Å². The number of ether oxygens (including phenoxy) is 2. The molecule has 1 aliphatic heterocycles. The van der Waals surface area contributed by atoms with Crippen LogP contribution in [0.1, 0.15) is 90.9 Å². The van der Waals surface area contributed by atoms with Crippen LogP contribution >= 0.6 is 0 Å². The van der Waals surface area contributed by atoms with Gasteiger partial charge >= 0.3 is 11.9 Å². The lowest BCUT2D eigenvalue weighted by atomic mass is 9.91. The predicted molar refractivity (Wildman–Crippen MR) is 142 cm³/mol. The summed E-state index contributed by atoms with van der Waals surface area (Å²) in [6.45, 7) is 2.91. The summed E-state index contributed by atoms with van der Waals surface area (Å²) in [7, 11) is 0. The van der Waals surface area contributed by atoms with Crippen molar-refractivity contribution in [3.8, 4) is 0 Å². The van der Waals surface area contributed by atoms with Crippen molar-refractivity contribution in [1.82, 2.24) is 5.32 Å². The first kappa shape index (κ1) is 36.2. The number of carbonyl (C=O) groups is 3. The fraction of sp³-hybridized carbons (Fsp3) is 0.889. The Morgan fingerprint density at radius 2 is 1.35 bits per heavy atom. The lowest BCUT2D eigenvalue weighted by Crippen LogP contribution is -2.60. The minimum absolute atomic E-state index is 0.287. The summed E-state index contributed by atoms with van der Waals surface area (Å²) in [5.74, 6) is -5.82. The highest BCUT2D eigenvalue weighted by molar-refractivity contribution is 5.92. The van der Waals surface area contributed by atoms with Crippen LogP contribution in [0.25, 0.3) is 0 Å². The van der Waals surface area contributed by atoms with E-state index in [0.717, 1.165) is 19.3 Å². The summed E-state index contributed by atoms with van der Waals surface area (Å²) in [6.07, 6.45) is -0.558. The molecule has 13 heteroatoms. The standard InChI is InChI=1S/C27H49NO12/c1-3-4-5-6-7-8-9-10-11-12-13-19(30)21(31)18(28-16(2)29)15-39-27-24(34)23(33)22(32)20(40-27)14-17(25(35)36)26(37)38/h17-24,27,30-34H,3-15H2,1-2H3,(H,28,29)(H,35,36)(H,37,38). The molecule has 40 heavy (non-hydrogen) atoms. The van der Waals surface area contributed by atoms with Gasteiger partial charge in [-0.05, 0) is 6.42 Å². The molecule has 0 spiro atoms. The zero-order valence-electron chi connectivity index (χ0n) is 23.6. The summed E-state index contributed by atoms with van der Waals surface area (Å²) < 4.78 is 10.8. The second-order valence-electron chi connectivity index (χ2n) is 10.6. The van der Waals surface area contributed by atoms with Crippen molar-refractivity contribution < 1.29 is 59.6 Å². The average Bonchev–Trinajstić information content (AvgIpc) is 2.89. The van der Waals surface area contributed by atoms with Crippen molar-refractivity contribution >= 4 is 17.8 Å². The van der Waals surface area contributed by atoms with Crippen molar-refractivity contribution in [3.63, 3.8) is 0 Å². The van der Waals surface area contributed by atoms with Crippen LogP contribution in [-0.2, 0) is 23.9 Å². The molecule has 0 aromatic rings. The molecule has 1 rings (SSSR count). The van der Waals surface area contributed by atoms with Crippen molar-refractivity contribution in [2.75, 3.05) is 6.61 Å². The highest BCUT2D eigenvalue weighted by Gasteiger charge is 2.47. The molecule has 0 saturated carbocycles. The van der Waals surface area contributed by atoms with E-state index in [1.807, 2.05) is 0 Å². The molecule has 0 radical (unpaired) electrons. The molecule has 8 N–H and O–H groups in total. The molecule has 1 fully saturated rings. The summed E-state index contributed by atoms with van der Waals surface area (Å²) >= 11 is 0. The lowest BCUT2D eigenvalue weighted by Gasteiger charge is -2.41. The third kappa shape index (κ3) is 12.8. The Kier molecular flexibility index (Phi) is 17.4. The van der Waals surface area contributed by atoms with E-state index in [0.29, 0.717) is 6.42 Å². The number of carboxylic acid groups (broad SMARTS) is 2. The highest BCUT2D eigenvalue weighted by atomic mass is 16.7. The largest absolute Gasteiger partial charge is 0.481 e. The maximum Gasteiger partial charge on any atom is 0.317 e. The van der Waals surface area contributed by atoms with Gasteiger partial charge in [0, 0.05) is 13.3 Å². The number of nitrogens with one attached hydrogen (secondary N) is 1. The highest BCUT2D eigenvalue weighted by Crippen LogP contribution is 2.27. The van der Waals surface area contributed by atoms with Crippen LogP contribution in [0.2, 0.25) is 0 Å². The zero-order chi connectivity index (χ0) is 30.2. The Balaban J connectivity index is 2.62. The van der Waals surface area contributed by atoms with Gasteiger partial charge in [0.05, 0.1) is 24.9 Å². The monoisotopic (exact) mass is 579 g/mol. The molecule has 1 heterocycles. The zero-order valence-corrected chi connectivity index (χ0v) is 23.6. The number of unbranched alkanes of at least 4 members (excludes halogenated alkanes) is 9. The predicted octanol–water partition coefficient (Wildman–Crippen LogP) is 0.524. The first-order valence-corrected chi connectivity index (χ1v) is 14.3. The minimum Gasteiger partial charge on any atom is -0.481 e. The van der Waals surface area contributed by atoms with Crippen LogP contribution in [0.4, 0.5) is 0 Å². The van der Waals surface area contributed by atoms with E-state index in [9.17, 15) is 39.9 Å². The molecule has 8 atom stereocenters. The fourth-order valence-corrected chi connectivity index (χ4v) is 4.75. The molecule has 0 bridgehead atoms. The van der Waals surface area contributed by atoms with Gasteiger partial charge in [0.15, 0.2) is 12.2 Å². The number of aliphatic hydroxyl groups excluding tert-OH is 5. The van der Waals surface area contributed by atoms with Gasteiger partial charge in [-0.2, -0.15) is 0 Å². The van der Waals surface area contributed by atoms with E-state index < -0.39 is 85.7 Å². The summed E-state index contributed by atoms with van der Waals surface area (Å²) in [4.78, 5) is 34.2. The van der Waals surface area contributed by atoms with E-state index >= 15 is 0 Å². The molecule has 0 aromatic heterocycles. The molecule has 0 aliphatic carbocycles. The Hall–Kier alpha value is -1.87. The van der Waals surface area contributed by atoms with Crippen molar-refractivity contribution in [2.45, 2.75) is 140 Å². The molecular weight excluding hydrogens is 530 g/mol. The van der Waals surface area contributed by atoms with Crippen molar-refractivity contribution in [2.24, 2.45) is 5.92 Å². The summed E-state index contributed by atoms with van der Waals surface area (Å²) in [6, 6.07) is -1.13. The van der Waals surface area contributed by atoms with E-state index in [4.69, 9.17) is 19.7 Å². The molecule has 234 valence electrons. The fourth-order valence-electron chi connectivity index (χ4n) is 4.75. The van der Waals surface area contributed by atoms with Gasteiger partial charge in [-0.1, -0.05) is 71.1 Å². The summed E-state index contributed by atoms with van der Waals surface area (Å²) in [5.41, 5.74) is 0. The van der Waals surface area contributed by atoms with Crippen LogP contribution in [0.5, 0.6) is 0 Å². The quantitative estimate of drug-likeness (QED) is 0.0688. The van der Waals surface area contributed by atoms with Crippen LogP contribution in [0.3, 0.4) is 0 Å². The van der Waals surface area contributed by atoms with Gasteiger partial charge in [0.25, 0.3) is 0 Å². The molecule has 1 amide bonds. The van der Waals surface area contributed by atoms with E-state index in [1.54, 1.807) is 0 Å². The third-order valence-electron chi connectivity index (χ3n) is 7.22. The number of carboxylic acids is 2. The lowest BCUT2D eigenvalue weighted by molar-refractivity contribution is -0.301. The summed E-state index contributed by atoms with van der Waals surface area (Å²) in [5, 5.41) is 72.6. The Morgan fingerprint density at radius 3 is 1.85 bits per heavy atom. The maximum absolute atomic E-state index is 11.7. The number of amides is 1. The first-order chi connectivity index (χ1) is 18.9. The van der Waals surface area contributed by atoms with Crippen LogP contribution < -0.4 is 5.32 Å². The molecular formula is C27H49NO12. The van der Waals surface area contributed by atoms with Crippen molar-refractivity contribution in [3.05, 3.63) is 0 Å².